The summed E-state index contributed by atoms with van der Waals surface area (Å²) in [6.07, 6.45) is 3.24. The Kier molecular flexibility index (Phi) is 4.80. The number of phenolic OH excluding ortho intramolecular Hbond substituents is 1. The quantitative estimate of drug-likeness (QED) is 0.902. The van der Waals surface area contributed by atoms with Crippen molar-refractivity contribution in [1.82, 2.24) is 9.80 Å². The Balaban J connectivity index is 1.84. The molecule has 2 fully saturated rings. The number of para-hydroxylation sites is 1. The van der Waals surface area contributed by atoms with Gasteiger partial charge in [-0.25, -0.2) is 0 Å². The minimum Gasteiger partial charge on any atom is -0.508 e. The first-order valence-corrected chi connectivity index (χ1v) is 9.11. The molecule has 1 N–H and O–H groups in total. The molecule has 1 aromatic rings. The van der Waals surface area contributed by atoms with Crippen LogP contribution in [0.4, 0.5) is 0 Å². The number of thioether (sulfide) groups is 1. The summed E-state index contributed by atoms with van der Waals surface area (Å²) in [5.74, 6) is 0.666. The Morgan fingerprint density at radius 3 is 2.52 bits per heavy atom. The molecule has 0 bridgehead atoms. The number of hydrogen-bond donors (Lipinski definition) is 1. The van der Waals surface area contributed by atoms with Gasteiger partial charge in [0.1, 0.15) is 17.2 Å². The zero-order valence-electron chi connectivity index (χ0n) is 13.3. The minimum atomic E-state index is -0.430. The number of aromatic hydroxyl groups is 1. The summed E-state index contributed by atoms with van der Waals surface area (Å²) in [6, 6.07) is 6.60. The third-order valence-electron chi connectivity index (χ3n) is 4.52. The Morgan fingerprint density at radius 2 is 1.87 bits per heavy atom. The molecule has 0 radical (unpaired) electrons. The van der Waals surface area contributed by atoms with Crippen LogP contribution in [-0.4, -0.2) is 51.6 Å². The fourth-order valence-corrected chi connectivity index (χ4v) is 4.84. The Hall–Kier alpha value is -1.69. The molecular weight excluding hydrogens is 312 g/mol. The van der Waals surface area contributed by atoms with Crippen molar-refractivity contribution in [2.75, 3.05) is 18.8 Å². The SMILES string of the molecule is CC(=O)N1[C@H](C(=O)N2CCCCC2)CS[C@H]1c1ccccc1O. The van der Waals surface area contributed by atoms with Gasteiger partial charge in [0.2, 0.25) is 11.8 Å². The standard InChI is InChI=1S/C17H22N2O3S/c1-12(20)19-14(16(22)18-9-5-2-6-10-18)11-23-17(19)13-7-3-4-8-15(13)21/h3-4,7-8,14,17,21H,2,5-6,9-11H2,1H3/t14-,17-/m0/s1. The van der Waals surface area contributed by atoms with Gasteiger partial charge in [0.05, 0.1) is 0 Å². The lowest BCUT2D eigenvalue weighted by atomic mass is 10.1. The lowest BCUT2D eigenvalue weighted by Gasteiger charge is -2.33. The lowest BCUT2D eigenvalue weighted by Crippen LogP contribution is -2.50. The van der Waals surface area contributed by atoms with Crippen molar-refractivity contribution in [1.29, 1.82) is 0 Å². The van der Waals surface area contributed by atoms with E-state index in [-0.39, 0.29) is 22.9 Å². The molecule has 0 aliphatic carbocycles. The third kappa shape index (κ3) is 3.17. The second-order valence-electron chi connectivity index (χ2n) is 6.07. The number of carbonyl (C=O) groups excluding carboxylic acids is 2. The van der Waals surface area contributed by atoms with Crippen LogP contribution in [0.1, 0.15) is 37.1 Å². The number of amides is 2. The van der Waals surface area contributed by atoms with E-state index in [0.717, 1.165) is 25.9 Å². The van der Waals surface area contributed by atoms with Gasteiger partial charge >= 0.3 is 0 Å². The topological polar surface area (TPSA) is 60.9 Å². The number of phenols is 1. The highest BCUT2D eigenvalue weighted by atomic mass is 32.2. The summed E-state index contributed by atoms with van der Waals surface area (Å²) in [4.78, 5) is 28.6. The maximum absolute atomic E-state index is 12.8. The number of benzene rings is 1. The monoisotopic (exact) mass is 334 g/mol. The van der Waals surface area contributed by atoms with Crippen molar-refractivity contribution in [3.63, 3.8) is 0 Å². The van der Waals surface area contributed by atoms with Gasteiger partial charge in [-0.15, -0.1) is 11.8 Å². The number of rotatable bonds is 2. The van der Waals surface area contributed by atoms with Gasteiger partial charge in [0, 0.05) is 31.3 Å². The first-order valence-electron chi connectivity index (χ1n) is 8.07. The van der Waals surface area contributed by atoms with Crippen LogP contribution in [0, 0.1) is 0 Å². The summed E-state index contributed by atoms with van der Waals surface area (Å²) in [5.41, 5.74) is 0.696. The van der Waals surface area contributed by atoms with E-state index in [2.05, 4.69) is 0 Å². The molecule has 2 atom stereocenters. The summed E-state index contributed by atoms with van der Waals surface area (Å²) in [6.45, 7) is 3.06. The smallest absolute Gasteiger partial charge is 0.246 e. The summed E-state index contributed by atoms with van der Waals surface area (Å²) in [5, 5.41) is 9.80. The predicted octanol–water partition coefficient (Wildman–Crippen LogP) is 2.37. The second-order valence-corrected chi connectivity index (χ2v) is 7.19. The highest BCUT2D eigenvalue weighted by Gasteiger charge is 2.43. The van der Waals surface area contributed by atoms with Crippen molar-refractivity contribution in [2.45, 2.75) is 37.6 Å². The number of piperidine rings is 1. The van der Waals surface area contributed by atoms with Gasteiger partial charge in [-0.1, -0.05) is 18.2 Å². The van der Waals surface area contributed by atoms with Crippen LogP contribution in [0.5, 0.6) is 5.75 Å². The molecule has 2 aliphatic heterocycles. The van der Waals surface area contributed by atoms with Gasteiger partial charge in [0.25, 0.3) is 0 Å². The van der Waals surface area contributed by atoms with Crippen LogP contribution in [0.25, 0.3) is 0 Å². The maximum Gasteiger partial charge on any atom is 0.246 e. The highest BCUT2D eigenvalue weighted by molar-refractivity contribution is 7.99. The van der Waals surface area contributed by atoms with Crippen molar-refractivity contribution in [3.8, 4) is 5.75 Å². The van der Waals surface area contributed by atoms with E-state index in [9.17, 15) is 14.7 Å². The molecule has 23 heavy (non-hydrogen) atoms. The van der Waals surface area contributed by atoms with Gasteiger partial charge < -0.3 is 14.9 Å². The zero-order chi connectivity index (χ0) is 16.4. The Labute approximate surface area is 140 Å². The molecule has 2 aliphatic rings. The summed E-state index contributed by atoms with van der Waals surface area (Å²) < 4.78 is 0. The fraction of sp³-hybridized carbons (Fsp3) is 0.529. The summed E-state index contributed by atoms with van der Waals surface area (Å²) >= 11 is 1.54. The molecule has 1 aromatic carbocycles. The third-order valence-corrected chi connectivity index (χ3v) is 5.82. The van der Waals surface area contributed by atoms with E-state index in [4.69, 9.17) is 0 Å². The molecule has 0 spiro atoms. The van der Waals surface area contributed by atoms with E-state index in [0.29, 0.717) is 11.3 Å². The van der Waals surface area contributed by atoms with Crippen LogP contribution in [0.3, 0.4) is 0 Å². The largest absolute Gasteiger partial charge is 0.508 e. The van der Waals surface area contributed by atoms with Gasteiger partial charge in [-0.05, 0) is 25.3 Å². The number of likely N-dealkylation sites (tertiary alicyclic amines) is 1. The number of nitrogens with zero attached hydrogens (tertiary/aromatic N) is 2. The molecule has 2 amide bonds. The Bertz CT molecular complexity index is 601. The van der Waals surface area contributed by atoms with Crippen molar-refractivity contribution >= 4 is 23.6 Å². The molecule has 124 valence electrons. The molecule has 2 heterocycles. The van der Waals surface area contributed by atoms with Crippen molar-refractivity contribution in [2.24, 2.45) is 0 Å². The molecule has 3 rings (SSSR count). The first kappa shape index (κ1) is 16.2. The zero-order valence-corrected chi connectivity index (χ0v) is 14.1. The minimum absolute atomic E-state index is 0.0466. The number of carbonyl (C=O) groups is 2. The predicted molar refractivity (Wildman–Crippen MR) is 90.0 cm³/mol. The number of hydrogen-bond acceptors (Lipinski definition) is 4. The van der Waals surface area contributed by atoms with Crippen molar-refractivity contribution < 1.29 is 14.7 Å². The highest BCUT2D eigenvalue weighted by Crippen LogP contribution is 2.44. The van der Waals surface area contributed by atoms with Crippen LogP contribution in [0.2, 0.25) is 0 Å². The van der Waals surface area contributed by atoms with Gasteiger partial charge in [-0.3, -0.25) is 9.59 Å². The molecule has 0 aromatic heterocycles. The average molecular weight is 334 g/mol. The average Bonchev–Trinajstić information content (AvgIpc) is 3.00. The first-order chi connectivity index (χ1) is 11.1. The molecule has 0 saturated carbocycles. The van der Waals surface area contributed by atoms with Gasteiger partial charge in [-0.2, -0.15) is 0 Å². The van der Waals surface area contributed by atoms with E-state index >= 15 is 0 Å². The van der Waals surface area contributed by atoms with Gasteiger partial charge in [0.15, 0.2) is 0 Å². The molecule has 6 heteroatoms. The molecule has 5 nitrogen and oxygen atoms in total. The maximum atomic E-state index is 12.8. The fourth-order valence-electron chi connectivity index (χ4n) is 3.34. The lowest BCUT2D eigenvalue weighted by molar-refractivity contribution is -0.144. The van der Waals surface area contributed by atoms with E-state index in [1.165, 1.54) is 13.3 Å². The van der Waals surface area contributed by atoms with Crippen LogP contribution in [0.15, 0.2) is 24.3 Å². The second kappa shape index (κ2) is 6.83. The van der Waals surface area contributed by atoms with E-state index < -0.39 is 6.04 Å². The van der Waals surface area contributed by atoms with Crippen LogP contribution < -0.4 is 0 Å². The summed E-state index contributed by atoms with van der Waals surface area (Å²) in [7, 11) is 0. The van der Waals surface area contributed by atoms with E-state index in [1.54, 1.807) is 28.8 Å². The molecular formula is C17H22N2O3S. The van der Waals surface area contributed by atoms with Crippen LogP contribution >= 0.6 is 11.8 Å². The van der Waals surface area contributed by atoms with Crippen LogP contribution in [-0.2, 0) is 9.59 Å². The molecule has 2 saturated heterocycles. The van der Waals surface area contributed by atoms with E-state index in [1.807, 2.05) is 17.0 Å². The Morgan fingerprint density at radius 1 is 1.17 bits per heavy atom. The van der Waals surface area contributed by atoms with Crippen molar-refractivity contribution in [3.05, 3.63) is 29.8 Å². The normalized spacial score (nSPS) is 24.7. The molecule has 0 unspecified atom stereocenters.